The van der Waals surface area contributed by atoms with E-state index in [1.165, 1.54) is 0 Å². The number of nitrogens with zero attached hydrogens (tertiary/aromatic N) is 1. The summed E-state index contributed by atoms with van der Waals surface area (Å²) in [6.07, 6.45) is 1.86. The van der Waals surface area contributed by atoms with E-state index in [0.717, 1.165) is 37.1 Å². The number of anilines is 1. The molecular weight excluding hydrogens is 340 g/mol. The lowest BCUT2D eigenvalue weighted by molar-refractivity contribution is -0.123. The van der Waals surface area contributed by atoms with Gasteiger partial charge in [0.25, 0.3) is 5.91 Å². The van der Waals surface area contributed by atoms with Gasteiger partial charge < -0.3 is 16.8 Å². The van der Waals surface area contributed by atoms with E-state index in [1.807, 2.05) is 12.1 Å². The first-order chi connectivity index (χ1) is 13.0. The lowest BCUT2D eigenvalue weighted by Gasteiger charge is -2.31. The molecule has 0 radical (unpaired) electrons. The zero-order valence-electron chi connectivity index (χ0n) is 15.4. The summed E-state index contributed by atoms with van der Waals surface area (Å²) < 4.78 is 0. The number of para-hydroxylation sites is 1. The van der Waals surface area contributed by atoms with Crippen LogP contribution in [0.5, 0.6) is 0 Å². The van der Waals surface area contributed by atoms with Crippen LogP contribution in [-0.4, -0.2) is 29.8 Å². The molecule has 142 valence electrons. The van der Waals surface area contributed by atoms with Crippen molar-refractivity contribution in [3.05, 3.63) is 65.2 Å². The van der Waals surface area contributed by atoms with Crippen molar-refractivity contribution in [2.75, 3.05) is 18.8 Å². The lowest BCUT2D eigenvalue weighted by atomic mass is 9.97. The number of piperidine rings is 1. The Morgan fingerprint density at radius 3 is 2.67 bits per heavy atom. The molecule has 2 aromatic rings. The van der Waals surface area contributed by atoms with Crippen molar-refractivity contribution in [1.29, 1.82) is 0 Å². The average Bonchev–Trinajstić information content (AvgIpc) is 2.67. The van der Waals surface area contributed by atoms with Gasteiger partial charge in [0.15, 0.2) is 0 Å². The number of primary amides is 1. The number of nitrogen functional groups attached to an aromatic ring is 1. The minimum absolute atomic E-state index is 0.0578. The number of rotatable bonds is 6. The van der Waals surface area contributed by atoms with Crippen LogP contribution < -0.4 is 16.8 Å². The van der Waals surface area contributed by atoms with Crippen molar-refractivity contribution in [3.8, 4) is 0 Å². The second-order valence-electron chi connectivity index (χ2n) is 7.07. The highest BCUT2D eigenvalue weighted by Gasteiger charge is 2.23. The molecule has 0 aliphatic carbocycles. The molecule has 1 saturated heterocycles. The predicted octanol–water partition coefficient (Wildman–Crippen LogP) is 1.90. The lowest BCUT2D eigenvalue weighted by Crippen LogP contribution is -2.40. The number of nitrogens with two attached hydrogens (primary N) is 2. The number of carbonyl (C=O) groups is 2. The van der Waals surface area contributed by atoms with E-state index in [-0.39, 0.29) is 17.7 Å². The minimum Gasteiger partial charge on any atom is -0.398 e. The van der Waals surface area contributed by atoms with Crippen LogP contribution in [0, 0.1) is 5.92 Å². The zero-order valence-corrected chi connectivity index (χ0v) is 15.4. The molecule has 0 spiro atoms. The summed E-state index contributed by atoms with van der Waals surface area (Å²) in [5.74, 6) is -0.451. The summed E-state index contributed by atoms with van der Waals surface area (Å²) in [5.41, 5.74) is 14.5. The summed E-state index contributed by atoms with van der Waals surface area (Å²) >= 11 is 0. The van der Waals surface area contributed by atoms with Crippen LogP contribution >= 0.6 is 0 Å². The fourth-order valence-electron chi connectivity index (χ4n) is 3.51. The van der Waals surface area contributed by atoms with Gasteiger partial charge in [-0.3, -0.25) is 14.5 Å². The van der Waals surface area contributed by atoms with Gasteiger partial charge in [-0.1, -0.05) is 36.4 Å². The molecule has 2 aromatic carbocycles. The zero-order chi connectivity index (χ0) is 19.2. The van der Waals surface area contributed by atoms with Gasteiger partial charge in [-0.15, -0.1) is 0 Å². The van der Waals surface area contributed by atoms with E-state index in [4.69, 9.17) is 11.5 Å². The van der Waals surface area contributed by atoms with Gasteiger partial charge in [-0.05, 0) is 42.6 Å². The fourth-order valence-corrected chi connectivity index (χ4v) is 3.51. The molecule has 6 heteroatoms. The van der Waals surface area contributed by atoms with Gasteiger partial charge in [0.1, 0.15) is 0 Å². The number of benzene rings is 2. The van der Waals surface area contributed by atoms with Crippen LogP contribution in [-0.2, 0) is 17.9 Å². The topological polar surface area (TPSA) is 101 Å². The highest BCUT2D eigenvalue weighted by molar-refractivity contribution is 5.99. The van der Waals surface area contributed by atoms with E-state index < -0.39 is 0 Å². The van der Waals surface area contributed by atoms with Gasteiger partial charge in [0.05, 0.1) is 11.5 Å². The molecule has 2 amide bonds. The molecule has 1 fully saturated rings. The van der Waals surface area contributed by atoms with E-state index >= 15 is 0 Å². The SMILES string of the molecule is NC(=O)C1CCCN(Cc2cccc(CNC(=O)c3ccccc3N)c2)C1. The largest absolute Gasteiger partial charge is 0.398 e. The molecule has 1 unspecified atom stereocenters. The molecule has 0 aromatic heterocycles. The molecule has 0 bridgehead atoms. The third-order valence-corrected chi connectivity index (χ3v) is 4.96. The smallest absolute Gasteiger partial charge is 0.253 e. The molecule has 1 aliphatic heterocycles. The Bertz CT molecular complexity index is 821. The Labute approximate surface area is 159 Å². The minimum atomic E-state index is -0.212. The number of carbonyl (C=O) groups excluding carboxylic acids is 2. The molecule has 1 heterocycles. The monoisotopic (exact) mass is 366 g/mol. The van der Waals surface area contributed by atoms with Crippen LogP contribution in [0.15, 0.2) is 48.5 Å². The van der Waals surface area contributed by atoms with Gasteiger partial charge in [-0.25, -0.2) is 0 Å². The van der Waals surface area contributed by atoms with Crippen molar-refractivity contribution in [3.63, 3.8) is 0 Å². The first-order valence-corrected chi connectivity index (χ1v) is 9.25. The van der Waals surface area contributed by atoms with Crippen LogP contribution in [0.25, 0.3) is 0 Å². The second-order valence-corrected chi connectivity index (χ2v) is 7.07. The Morgan fingerprint density at radius 2 is 1.89 bits per heavy atom. The third kappa shape index (κ3) is 5.08. The van der Waals surface area contributed by atoms with Crippen molar-refractivity contribution in [2.24, 2.45) is 11.7 Å². The Kier molecular flexibility index (Phi) is 6.08. The summed E-state index contributed by atoms with van der Waals surface area (Å²) in [6.45, 7) is 2.89. The molecule has 27 heavy (non-hydrogen) atoms. The number of nitrogens with one attached hydrogen (secondary N) is 1. The quantitative estimate of drug-likeness (QED) is 0.680. The Morgan fingerprint density at radius 1 is 1.11 bits per heavy atom. The first-order valence-electron chi connectivity index (χ1n) is 9.25. The summed E-state index contributed by atoms with van der Waals surface area (Å²) in [6, 6.07) is 15.2. The average molecular weight is 366 g/mol. The van der Waals surface area contributed by atoms with E-state index in [9.17, 15) is 9.59 Å². The van der Waals surface area contributed by atoms with Gasteiger partial charge in [0, 0.05) is 25.3 Å². The maximum atomic E-state index is 12.3. The van der Waals surface area contributed by atoms with E-state index in [1.54, 1.807) is 24.3 Å². The van der Waals surface area contributed by atoms with Crippen molar-refractivity contribution in [1.82, 2.24) is 10.2 Å². The molecule has 6 nitrogen and oxygen atoms in total. The summed E-state index contributed by atoms with van der Waals surface area (Å²) in [7, 11) is 0. The van der Waals surface area contributed by atoms with E-state index in [0.29, 0.717) is 24.3 Å². The van der Waals surface area contributed by atoms with Crippen LogP contribution in [0.2, 0.25) is 0 Å². The maximum absolute atomic E-state index is 12.3. The van der Waals surface area contributed by atoms with Crippen LogP contribution in [0.4, 0.5) is 5.69 Å². The third-order valence-electron chi connectivity index (χ3n) is 4.96. The van der Waals surface area contributed by atoms with Crippen molar-refractivity contribution in [2.45, 2.75) is 25.9 Å². The van der Waals surface area contributed by atoms with Crippen LogP contribution in [0.3, 0.4) is 0 Å². The van der Waals surface area contributed by atoms with Crippen LogP contribution in [0.1, 0.15) is 34.3 Å². The van der Waals surface area contributed by atoms with Crippen molar-refractivity contribution >= 4 is 17.5 Å². The normalized spacial score (nSPS) is 17.4. The fraction of sp³-hybridized carbons (Fsp3) is 0.333. The number of likely N-dealkylation sites (tertiary alicyclic amines) is 1. The van der Waals surface area contributed by atoms with Gasteiger partial charge >= 0.3 is 0 Å². The number of hydrogen-bond acceptors (Lipinski definition) is 4. The molecule has 5 N–H and O–H groups in total. The maximum Gasteiger partial charge on any atom is 0.253 e. The molecular formula is C21H26N4O2. The van der Waals surface area contributed by atoms with Gasteiger partial charge in [-0.2, -0.15) is 0 Å². The first kappa shape index (κ1) is 18.9. The Hall–Kier alpha value is -2.86. The summed E-state index contributed by atoms with van der Waals surface area (Å²) in [4.78, 5) is 26.0. The number of hydrogen-bond donors (Lipinski definition) is 3. The molecule has 3 rings (SSSR count). The van der Waals surface area contributed by atoms with Crippen molar-refractivity contribution < 1.29 is 9.59 Å². The molecule has 1 aliphatic rings. The highest BCUT2D eigenvalue weighted by Crippen LogP contribution is 2.19. The van der Waals surface area contributed by atoms with E-state index in [2.05, 4.69) is 22.3 Å². The summed E-state index contributed by atoms with van der Waals surface area (Å²) in [5, 5.41) is 2.92. The predicted molar refractivity (Wildman–Crippen MR) is 106 cm³/mol. The van der Waals surface area contributed by atoms with Gasteiger partial charge in [0.2, 0.25) is 5.91 Å². The second kappa shape index (κ2) is 8.68. The Balaban J connectivity index is 1.58. The highest BCUT2D eigenvalue weighted by atomic mass is 16.2. The number of amides is 2. The molecule has 1 atom stereocenters. The molecule has 0 saturated carbocycles. The standard InChI is InChI=1S/C21H26N4O2/c22-19-9-2-1-8-18(19)21(27)24-12-15-5-3-6-16(11-15)13-25-10-4-7-17(14-25)20(23)26/h1-3,5-6,8-9,11,17H,4,7,10,12-14,22H2,(H2,23,26)(H,24,27).